The molecule has 0 aliphatic rings. The van der Waals surface area contributed by atoms with Crippen LogP contribution in [0.5, 0.6) is 5.75 Å². The zero-order chi connectivity index (χ0) is 23.4. The summed E-state index contributed by atoms with van der Waals surface area (Å²) in [5.74, 6) is 0.691. The van der Waals surface area contributed by atoms with Crippen molar-refractivity contribution in [3.8, 4) is 5.75 Å². The van der Waals surface area contributed by atoms with Crippen molar-refractivity contribution in [2.45, 2.75) is 20.1 Å². The van der Waals surface area contributed by atoms with E-state index in [4.69, 9.17) is 25.2 Å². The topological polar surface area (TPSA) is 112 Å². The molecule has 4 aromatic rings. The van der Waals surface area contributed by atoms with Gasteiger partial charge in [-0.2, -0.15) is 5.10 Å². The fourth-order valence-corrected chi connectivity index (χ4v) is 3.39. The highest BCUT2D eigenvalue weighted by Crippen LogP contribution is 2.29. The van der Waals surface area contributed by atoms with Crippen molar-refractivity contribution >= 4 is 29.1 Å². The van der Waals surface area contributed by atoms with Crippen molar-refractivity contribution in [1.82, 2.24) is 15.1 Å². The monoisotopic (exact) mass is 468 g/mol. The predicted octanol–water partition coefficient (Wildman–Crippen LogP) is 4.33. The minimum atomic E-state index is -0.525. The lowest BCUT2D eigenvalue weighted by Crippen LogP contribution is -2.25. The van der Waals surface area contributed by atoms with Gasteiger partial charge in [-0.3, -0.25) is 14.3 Å². The number of nitrogens with zero attached hydrogens (tertiary/aromatic N) is 2. The van der Waals surface area contributed by atoms with E-state index in [0.717, 1.165) is 5.56 Å². The number of amides is 2. The first-order valence-corrected chi connectivity index (χ1v) is 10.4. The van der Waals surface area contributed by atoms with E-state index >= 15 is 0 Å². The van der Waals surface area contributed by atoms with Gasteiger partial charge < -0.3 is 24.2 Å². The second-order valence-electron chi connectivity index (χ2n) is 7.22. The summed E-state index contributed by atoms with van der Waals surface area (Å²) in [4.78, 5) is 25.2. The third kappa shape index (κ3) is 5.27. The van der Waals surface area contributed by atoms with Crippen LogP contribution in [0.3, 0.4) is 0 Å². The van der Waals surface area contributed by atoms with Crippen LogP contribution in [0.15, 0.2) is 63.8 Å². The highest BCUT2D eigenvalue weighted by atomic mass is 35.5. The third-order valence-electron chi connectivity index (χ3n) is 4.70. The Morgan fingerprint density at radius 3 is 2.73 bits per heavy atom. The van der Waals surface area contributed by atoms with Gasteiger partial charge in [-0.15, -0.1) is 0 Å². The SMILES string of the molecule is Cc1cccc(Cl)c1OCc1ccc(C(=O)Nc2cn(C)nc2C(=O)NCc2ccco2)o1. The van der Waals surface area contributed by atoms with Crippen molar-refractivity contribution in [2.24, 2.45) is 7.05 Å². The zero-order valence-electron chi connectivity index (χ0n) is 17.9. The number of rotatable bonds is 8. The molecule has 0 aliphatic heterocycles. The lowest BCUT2D eigenvalue weighted by Gasteiger charge is -2.09. The first-order valence-electron chi connectivity index (χ1n) is 10.0. The molecule has 0 spiro atoms. The predicted molar refractivity (Wildman–Crippen MR) is 120 cm³/mol. The average molecular weight is 469 g/mol. The number of nitrogens with one attached hydrogen (secondary N) is 2. The van der Waals surface area contributed by atoms with E-state index in [-0.39, 0.29) is 30.3 Å². The summed E-state index contributed by atoms with van der Waals surface area (Å²) >= 11 is 6.17. The first-order chi connectivity index (χ1) is 15.9. The van der Waals surface area contributed by atoms with Gasteiger partial charge in [0.25, 0.3) is 11.8 Å². The van der Waals surface area contributed by atoms with Crippen molar-refractivity contribution in [3.05, 3.63) is 88.5 Å². The number of hydrogen-bond acceptors (Lipinski definition) is 6. The Hall–Kier alpha value is -3.98. The molecule has 3 aromatic heterocycles. The molecule has 0 radical (unpaired) electrons. The van der Waals surface area contributed by atoms with Crippen LogP contribution >= 0.6 is 11.6 Å². The number of benzene rings is 1. The molecule has 33 heavy (non-hydrogen) atoms. The van der Waals surface area contributed by atoms with Crippen molar-refractivity contribution in [3.63, 3.8) is 0 Å². The summed E-state index contributed by atoms with van der Waals surface area (Å²) in [7, 11) is 1.65. The molecule has 3 heterocycles. The minimum Gasteiger partial charge on any atom is -0.484 e. The van der Waals surface area contributed by atoms with E-state index < -0.39 is 11.8 Å². The number of hydrogen-bond donors (Lipinski definition) is 2. The van der Waals surface area contributed by atoms with Crippen LogP contribution < -0.4 is 15.4 Å². The molecule has 9 nitrogen and oxygen atoms in total. The van der Waals surface area contributed by atoms with Crippen LogP contribution in [0.1, 0.15) is 38.1 Å². The molecule has 170 valence electrons. The fraction of sp³-hybridized carbons (Fsp3) is 0.174. The summed E-state index contributed by atoms with van der Waals surface area (Å²) in [6.07, 6.45) is 3.05. The van der Waals surface area contributed by atoms with Gasteiger partial charge in [0.15, 0.2) is 11.5 Å². The largest absolute Gasteiger partial charge is 0.484 e. The Morgan fingerprint density at radius 1 is 1.12 bits per heavy atom. The summed E-state index contributed by atoms with van der Waals surface area (Å²) in [6, 6.07) is 12.1. The van der Waals surface area contributed by atoms with Crippen LogP contribution in [0.4, 0.5) is 5.69 Å². The van der Waals surface area contributed by atoms with Gasteiger partial charge in [0.1, 0.15) is 23.9 Å². The molecular formula is C23H21ClN4O5. The van der Waals surface area contributed by atoms with E-state index in [0.29, 0.717) is 22.3 Å². The molecule has 1 aromatic carbocycles. The molecule has 0 aliphatic carbocycles. The van der Waals surface area contributed by atoms with Crippen molar-refractivity contribution in [1.29, 1.82) is 0 Å². The van der Waals surface area contributed by atoms with Crippen LogP contribution in [-0.2, 0) is 20.2 Å². The number of halogens is 1. The Morgan fingerprint density at radius 2 is 1.97 bits per heavy atom. The maximum Gasteiger partial charge on any atom is 0.291 e. The Labute approximate surface area is 194 Å². The summed E-state index contributed by atoms with van der Waals surface area (Å²) in [6.45, 7) is 2.19. The number of ether oxygens (including phenoxy) is 1. The Bertz CT molecular complexity index is 1260. The number of aromatic nitrogens is 2. The molecule has 4 rings (SSSR count). The van der Waals surface area contributed by atoms with E-state index in [2.05, 4.69) is 15.7 Å². The number of furan rings is 2. The minimum absolute atomic E-state index is 0.0651. The maximum atomic E-state index is 12.7. The summed E-state index contributed by atoms with van der Waals surface area (Å²) in [5, 5.41) is 10.0. The first kappa shape index (κ1) is 22.2. The quantitative estimate of drug-likeness (QED) is 0.398. The molecule has 0 saturated carbocycles. The van der Waals surface area contributed by atoms with Crippen molar-refractivity contribution < 1.29 is 23.2 Å². The molecule has 0 unspecified atom stereocenters. The normalized spacial score (nSPS) is 10.8. The van der Waals surface area contributed by atoms with E-state index in [1.54, 1.807) is 31.3 Å². The molecule has 2 N–H and O–H groups in total. The van der Waals surface area contributed by atoms with Gasteiger partial charge in [0.2, 0.25) is 0 Å². The molecule has 0 bridgehead atoms. The fourth-order valence-electron chi connectivity index (χ4n) is 3.12. The number of carbonyl (C=O) groups excluding carboxylic acids is 2. The molecule has 0 atom stereocenters. The van der Waals surface area contributed by atoms with Gasteiger partial charge >= 0.3 is 0 Å². The molecule has 2 amide bonds. The van der Waals surface area contributed by atoms with Gasteiger partial charge in [-0.25, -0.2) is 0 Å². The average Bonchev–Trinajstić information content (AvgIpc) is 3.53. The summed E-state index contributed by atoms with van der Waals surface area (Å²) < 4.78 is 18.0. The molecular weight excluding hydrogens is 448 g/mol. The zero-order valence-corrected chi connectivity index (χ0v) is 18.7. The van der Waals surface area contributed by atoms with Gasteiger partial charge in [-0.1, -0.05) is 23.7 Å². The molecule has 0 fully saturated rings. The second kappa shape index (κ2) is 9.66. The van der Waals surface area contributed by atoms with Gasteiger partial charge in [0, 0.05) is 13.2 Å². The highest BCUT2D eigenvalue weighted by Gasteiger charge is 2.20. The lowest BCUT2D eigenvalue weighted by atomic mass is 10.2. The number of carbonyl (C=O) groups is 2. The highest BCUT2D eigenvalue weighted by molar-refractivity contribution is 6.32. The number of anilines is 1. The van der Waals surface area contributed by atoms with Crippen molar-refractivity contribution in [2.75, 3.05) is 5.32 Å². The number of aryl methyl sites for hydroxylation is 2. The van der Waals surface area contributed by atoms with E-state index in [9.17, 15) is 9.59 Å². The van der Waals surface area contributed by atoms with Crippen LogP contribution in [0, 0.1) is 6.92 Å². The van der Waals surface area contributed by atoms with Crippen LogP contribution in [-0.4, -0.2) is 21.6 Å². The summed E-state index contributed by atoms with van der Waals surface area (Å²) in [5.41, 5.74) is 1.21. The third-order valence-corrected chi connectivity index (χ3v) is 5.00. The number of para-hydroxylation sites is 1. The van der Waals surface area contributed by atoms with Crippen LogP contribution in [0.2, 0.25) is 5.02 Å². The van der Waals surface area contributed by atoms with Gasteiger partial charge in [-0.05, 0) is 42.8 Å². The molecule has 0 saturated heterocycles. The van der Waals surface area contributed by atoms with E-state index in [1.807, 2.05) is 19.1 Å². The van der Waals surface area contributed by atoms with Gasteiger partial charge in [0.05, 0.1) is 23.5 Å². The maximum absolute atomic E-state index is 12.7. The Kier molecular flexibility index (Phi) is 6.50. The second-order valence-corrected chi connectivity index (χ2v) is 7.63. The molecule has 10 heteroatoms. The Balaban J connectivity index is 1.40. The van der Waals surface area contributed by atoms with E-state index in [1.165, 1.54) is 23.2 Å². The smallest absolute Gasteiger partial charge is 0.291 e. The standard InChI is InChI=1S/C23H21ClN4O5/c1-14-5-3-7-17(24)21(14)32-13-16-8-9-19(33-16)22(29)26-18-12-28(2)27-20(18)23(30)25-11-15-6-4-10-31-15/h3-10,12H,11,13H2,1-2H3,(H,25,30)(H,26,29). The lowest BCUT2D eigenvalue weighted by molar-refractivity contribution is 0.0943. The van der Waals surface area contributed by atoms with Crippen LogP contribution in [0.25, 0.3) is 0 Å².